The Hall–Kier alpha value is -2.96. The Morgan fingerprint density at radius 3 is 2.43 bits per heavy atom. The highest BCUT2D eigenvalue weighted by Crippen LogP contribution is 2.44. The van der Waals surface area contributed by atoms with E-state index in [0.29, 0.717) is 18.9 Å². The lowest BCUT2D eigenvalue weighted by Gasteiger charge is -2.35. The average Bonchev–Trinajstić information content (AvgIpc) is 2.73. The SMILES string of the molecule is N#CC1(NC(=O)c2cc3c(cc2[N+](=O)[O-])OC(F)(F)O3)CCC1. The Bertz CT molecular complexity index is 755. The second-order valence-corrected chi connectivity index (χ2v) is 5.24. The molecule has 1 amide bonds. The minimum atomic E-state index is -3.95. The van der Waals surface area contributed by atoms with Crippen molar-refractivity contribution in [2.24, 2.45) is 0 Å². The lowest BCUT2D eigenvalue weighted by Crippen LogP contribution is -2.52. The van der Waals surface area contributed by atoms with Crippen LogP contribution in [0.3, 0.4) is 0 Å². The largest absolute Gasteiger partial charge is 0.586 e. The minimum absolute atomic E-state index is 0.422. The van der Waals surface area contributed by atoms with Gasteiger partial charge in [-0.1, -0.05) is 0 Å². The van der Waals surface area contributed by atoms with Crippen LogP contribution >= 0.6 is 0 Å². The minimum Gasteiger partial charge on any atom is -0.395 e. The van der Waals surface area contributed by atoms with E-state index in [1.54, 1.807) is 0 Å². The lowest BCUT2D eigenvalue weighted by molar-refractivity contribution is -0.385. The highest BCUT2D eigenvalue weighted by molar-refractivity contribution is 5.99. The molecule has 0 atom stereocenters. The van der Waals surface area contributed by atoms with E-state index in [4.69, 9.17) is 5.26 Å². The van der Waals surface area contributed by atoms with Gasteiger partial charge in [0.2, 0.25) is 0 Å². The summed E-state index contributed by atoms with van der Waals surface area (Å²) in [5.41, 5.74) is -2.27. The van der Waals surface area contributed by atoms with E-state index in [-0.39, 0.29) is 0 Å². The van der Waals surface area contributed by atoms with Gasteiger partial charge in [-0.05, 0) is 19.3 Å². The van der Waals surface area contributed by atoms with Crippen molar-refractivity contribution in [3.63, 3.8) is 0 Å². The quantitative estimate of drug-likeness (QED) is 0.672. The molecule has 0 aromatic heterocycles. The molecule has 1 aliphatic heterocycles. The summed E-state index contributed by atoms with van der Waals surface area (Å²) in [6.07, 6.45) is -2.37. The van der Waals surface area contributed by atoms with Crippen LogP contribution in [0.15, 0.2) is 12.1 Å². The lowest BCUT2D eigenvalue weighted by atomic mass is 9.78. The Morgan fingerprint density at radius 1 is 1.35 bits per heavy atom. The number of nitrogens with zero attached hydrogens (tertiary/aromatic N) is 2. The van der Waals surface area contributed by atoms with E-state index in [1.165, 1.54) is 0 Å². The number of benzene rings is 1. The van der Waals surface area contributed by atoms with E-state index in [0.717, 1.165) is 12.5 Å². The average molecular weight is 325 g/mol. The molecule has 23 heavy (non-hydrogen) atoms. The third kappa shape index (κ3) is 2.50. The van der Waals surface area contributed by atoms with Gasteiger partial charge in [0, 0.05) is 6.07 Å². The number of nitrogens with one attached hydrogen (secondary N) is 1. The number of hydrogen-bond acceptors (Lipinski definition) is 6. The zero-order valence-electron chi connectivity index (χ0n) is 11.5. The van der Waals surface area contributed by atoms with Crippen molar-refractivity contribution in [1.82, 2.24) is 5.32 Å². The number of fused-ring (bicyclic) bond motifs is 1. The van der Waals surface area contributed by atoms with Crippen LogP contribution in [-0.2, 0) is 0 Å². The first kappa shape index (κ1) is 15.0. The van der Waals surface area contributed by atoms with E-state index in [1.807, 2.05) is 6.07 Å². The third-order valence-electron chi connectivity index (χ3n) is 3.73. The van der Waals surface area contributed by atoms with Gasteiger partial charge < -0.3 is 14.8 Å². The van der Waals surface area contributed by atoms with Crippen molar-refractivity contribution in [1.29, 1.82) is 5.26 Å². The molecule has 8 nitrogen and oxygen atoms in total. The zero-order chi connectivity index (χ0) is 16.8. The number of carbonyl (C=O) groups excluding carboxylic acids is 1. The van der Waals surface area contributed by atoms with Crippen molar-refractivity contribution >= 4 is 11.6 Å². The first-order valence-electron chi connectivity index (χ1n) is 6.57. The maximum atomic E-state index is 13.0. The van der Waals surface area contributed by atoms with Gasteiger partial charge in [0.15, 0.2) is 11.5 Å². The van der Waals surface area contributed by atoms with Crippen molar-refractivity contribution < 1.29 is 28.0 Å². The van der Waals surface area contributed by atoms with Gasteiger partial charge in [-0.15, -0.1) is 8.78 Å². The van der Waals surface area contributed by atoms with Gasteiger partial charge in [-0.25, -0.2) is 0 Å². The van der Waals surface area contributed by atoms with E-state index in [9.17, 15) is 23.7 Å². The molecule has 1 aromatic rings. The normalized spacial score (nSPS) is 19.3. The number of rotatable bonds is 3. The highest BCUT2D eigenvalue weighted by atomic mass is 19.3. The fourth-order valence-electron chi connectivity index (χ4n) is 2.40. The molecular weight excluding hydrogens is 316 g/mol. The number of amides is 1. The molecule has 0 saturated heterocycles. The van der Waals surface area contributed by atoms with Crippen LogP contribution in [0, 0.1) is 21.4 Å². The first-order chi connectivity index (χ1) is 10.8. The van der Waals surface area contributed by atoms with Gasteiger partial charge in [0.25, 0.3) is 11.6 Å². The van der Waals surface area contributed by atoms with Crippen LogP contribution in [0.4, 0.5) is 14.5 Å². The Balaban J connectivity index is 1.97. The summed E-state index contributed by atoms with van der Waals surface area (Å²) in [6, 6.07) is 3.46. The molecule has 1 aliphatic carbocycles. The van der Waals surface area contributed by atoms with Crippen molar-refractivity contribution in [2.45, 2.75) is 31.1 Å². The van der Waals surface area contributed by atoms with Crippen molar-refractivity contribution in [3.8, 4) is 17.6 Å². The molecule has 1 heterocycles. The van der Waals surface area contributed by atoms with Crippen molar-refractivity contribution in [2.75, 3.05) is 0 Å². The number of nitro groups is 1. The number of nitriles is 1. The Kier molecular flexibility index (Phi) is 3.10. The van der Waals surface area contributed by atoms with E-state index >= 15 is 0 Å². The predicted molar refractivity (Wildman–Crippen MR) is 69.0 cm³/mol. The molecule has 1 aromatic carbocycles. The number of carbonyl (C=O) groups is 1. The van der Waals surface area contributed by atoms with Crippen LogP contribution in [0.2, 0.25) is 0 Å². The summed E-state index contributed by atoms with van der Waals surface area (Å²) in [7, 11) is 0. The fraction of sp³-hybridized carbons (Fsp3) is 0.385. The summed E-state index contributed by atoms with van der Waals surface area (Å²) in [4.78, 5) is 22.4. The molecule has 10 heteroatoms. The van der Waals surface area contributed by atoms with Gasteiger partial charge >= 0.3 is 6.29 Å². The molecule has 2 aliphatic rings. The maximum Gasteiger partial charge on any atom is 0.586 e. The van der Waals surface area contributed by atoms with Crippen LogP contribution in [0.1, 0.15) is 29.6 Å². The monoisotopic (exact) mass is 325 g/mol. The second-order valence-electron chi connectivity index (χ2n) is 5.24. The summed E-state index contributed by atoms with van der Waals surface area (Å²) in [5, 5.41) is 22.6. The number of nitro benzene ring substituents is 1. The molecule has 1 saturated carbocycles. The summed E-state index contributed by atoms with van der Waals surface area (Å²) >= 11 is 0. The summed E-state index contributed by atoms with van der Waals surface area (Å²) in [6.45, 7) is 0. The fourth-order valence-corrected chi connectivity index (χ4v) is 2.40. The Morgan fingerprint density at radius 2 is 1.96 bits per heavy atom. The van der Waals surface area contributed by atoms with Gasteiger partial charge in [-0.2, -0.15) is 5.26 Å². The molecule has 0 spiro atoms. The molecular formula is C13H9F2N3O5. The van der Waals surface area contributed by atoms with E-state index in [2.05, 4.69) is 14.8 Å². The van der Waals surface area contributed by atoms with Crippen LogP contribution in [-0.4, -0.2) is 22.7 Å². The second kappa shape index (κ2) is 4.77. The standard InChI is InChI=1S/C13H9F2N3O5/c14-13(15)22-9-4-7(8(18(20)21)5-10(9)23-13)11(19)17-12(6-16)2-1-3-12/h4-5H,1-3H2,(H,17,19). The van der Waals surface area contributed by atoms with Crippen LogP contribution < -0.4 is 14.8 Å². The molecule has 0 bridgehead atoms. The molecule has 0 radical (unpaired) electrons. The van der Waals surface area contributed by atoms with E-state index < -0.39 is 45.4 Å². The summed E-state index contributed by atoms with van der Waals surface area (Å²) < 4.78 is 34.4. The van der Waals surface area contributed by atoms with Crippen LogP contribution in [0.5, 0.6) is 11.5 Å². The third-order valence-corrected chi connectivity index (χ3v) is 3.73. The molecule has 120 valence electrons. The van der Waals surface area contributed by atoms with Gasteiger partial charge in [0.05, 0.1) is 17.1 Å². The Labute approximate surface area is 127 Å². The molecule has 1 N–H and O–H groups in total. The number of halogens is 2. The molecule has 3 rings (SSSR count). The first-order valence-corrected chi connectivity index (χ1v) is 6.57. The zero-order valence-corrected chi connectivity index (χ0v) is 11.5. The topological polar surface area (TPSA) is 114 Å². The smallest absolute Gasteiger partial charge is 0.395 e. The predicted octanol–water partition coefficient (Wildman–Crippen LogP) is 2.09. The number of alkyl halides is 2. The maximum absolute atomic E-state index is 13.0. The number of ether oxygens (including phenoxy) is 2. The summed E-state index contributed by atoms with van der Waals surface area (Å²) in [5.74, 6) is -1.91. The molecule has 0 unspecified atom stereocenters. The molecule has 1 fully saturated rings. The highest BCUT2D eigenvalue weighted by Gasteiger charge is 2.46. The van der Waals surface area contributed by atoms with Crippen LogP contribution in [0.25, 0.3) is 0 Å². The van der Waals surface area contributed by atoms with Gasteiger partial charge in [-0.3, -0.25) is 14.9 Å². The van der Waals surface area contributed by atoms with Crippen molar-refractivity contribution in [3.05, 3.63) is 27.8 Å². The number of hydrogen-bond donors (Lipinski definition) is 1. The van der Waals surface area contributed by atoms with Gasteiger partial charge in [0.1, 0.15) is 11.1 Å².